The van der Waals surface area contributed by atoms with E-state index in [9.17, 15) is 4.79 Å². The van der Waals surface area contributed by atoms with Crippen LogP contribution in [0.15, 0.2) is 60.8 Å². The first-order valence-electron chi connectivity index (χ1n) is 8.48. The third kappa shape index (κ3) is 3.41. The number of piperazine rings is 1. The van der Waals surface area contributed by atoms with Crippen molar-refractivity contribution in [2.45, 2.75) is 0 Å². The van der Waals surface area contributed by atoms with Crippen molar-refractivity contribution in [2.75, 3.05) is 31.1 Å². The molecule has 6 nitrogen and oxygen atoms in total. The molecular formula is C19H18ClN5O. The lowest BCUT2D eigenvalue weighted by atomic mass is 10.2. The zero-order chi connectivity index (χ0) is 17.9. The van der Waals surface area contributed by atoms with Crippen LogP contribution < -0.4 is 4.90 Å². The van der Waals surface area contributed by atoms with E-state index in [4.69, 9.17) is 11.6 Å². The van der Waals surface area contributed by atoms with Gasteiger partial charge in [-0.2, -0.15) is 0 Å². The van der Waals surface area contributed by atoms with E-state index in [1.165, 1.54) is 5.69 Å². The Hall–Kier alpha value is -2.86. The molecule has 1 fully saturated rings. The molecule has 0 saturated carbocycles. The highest BCUT2D eigenvalue weighted by Gasteiger charge is 2.24. The minimum atomic E-state index is -0.0853. The summed E-state index contributed by atoms with van der Waals surface area (Å²) in [7, 11) is 0. The molecular weight excluding hydrogens is 350 g/mol. The average Bonchev–Trinajstić information content (AvgIpc) is 3.19. The number of rotatable bonds is 3. The first kappa shape index (κ1) is 16.6. The van der Waals surface area contributed by atoms with Gasteiger partial charge in [-0.05, 0) is 36.4 Å². The molecule has 4 rings (SSSR count). The van der Waals surface area contributed by atoms with Crippen molar-refractivity contribution in [1.29, 1.82) is 0 Å². The van der Waals surface area contributed by atoms with Gasteiger partial charge in [0, 0.05) is 36.9 Å². The SMILES string of the molecule is O=C(c1cn(-c2ccc(Cl)cc2)nn1)N1CCN(c2ccccc2)CC1. The summed E-state index contributed by atoms with van der Waals surface area (Å²) in [6.45, 7) is 2.95. The highest BCUT2D eigenvalue weighted by atomic mass is 35.5. The summed E-state index contributed by atoms with van der Waals surface area (Å²) in [4.78, 5) is 16.8. The summed E-state index contributed by atoms with van der Waals surface area (Å²) in [5.74, 6) is -0.0853. The number of aromatic nitrogens is 3. The van der Waals surface area contributed by atoms with Gasteiger partial charge in [-0.25, -0.2) is 4.68 Å². The van der Waals surface area contributed by atoms with Crippen molar-refractivity contribution in [3.63, 3.8) is 0 Å². The van der Waals surface area contributed by atoms with Crippen LogP contribution in [0.25, 0.3) is 5.69 Å². The number of hydrogen-bond acceptors (Lipinski definition) is 4. The lowest BCUT2D eigenvalue weighted by Crippen LogP contribution is -2.48. The Labute approximate surface area is 156 Å². The smallest absolute Gasteiger partial charge is 0.276 e. The second-order valence-corrected chi connectivity index (χ2v) is 6.58. The molecule has 0 atom stereocenters. The Morgan fingerprint density at radius 1 is 0.885 bits per heavy atom. The normalized spacial score (nSPS) is 14.5. The summed E-state index contributed by atoms with van der Waals surface area (Å²) in [6.07, 6.45) is 1.66. The minimum Gasteiger partial charge on any atom is -0.368 e. The number of para-hydroxylation sites is 1. The topological polar surface area (TPSA) is 54.3 Å². The summed E-state index contributed by atoms with van der Waals surface area (Å²) in [5.41, 5.74) is 2.36. The monoisotopic (exact) mass is 367 g/mol. The maximum absolute atomic E-state index is 12.7. The number of carbonyl (C=O) groups is 1. The Morgan fingerprint density at radius 3 is 2.27 bits per heavy atom. The Bertz CT molecular complexity index is 886. The Morgan fingerprint density at radius 2 is 1.58 bits per heavy atom. The molecule has 1 amide bonds. The molecule has 1 aliphatic rings. The molecule has 1 saturated heterocycles. The van der Waals surface area contributed by atoms with Crippen molar-refractivity contribution in [1.82, 2.24) is 19.9 Å². The fourth-order valence-electron chi connectivity index (χ4n) is 3.05. The average molecular weight is 368 g/mol. The van der Waals surface area contributed by atoms with Crippen molar-refractivity contribution < 1.29 is 4.79 Å². The molecule has 26 heavy (non-hydrogen) atoms. The highest BCUT2D eigenvalue weighted by molar-refractivity contribution is 6.30. The van der Waals surface area contributed by atoms with E-state index in [0.717, 1.165) is 18.8 Å². The molecule has 0 spiro atoms. The third-order valence-electron chi connectivity index (χ3n) is 4.49. The van der Waals surface area contributed by atoms with Crippen LogP contribution in [0, 0.1) is 0 Å². The van der Waals surface area contributed by atoms with E-state index in [1.54, 1.807) is 23.0 Å². The number of carbonyl (C=O) groups excluding carboxylic acids is 1. The van der Waals surface area contributed by atoms with Crippen LogP contribution in [-0.2, 0) is 0 Å². The second-order valence-electron chi connectivity index (χ2n) is 6.14. The quantitative estimate of drug-likeness (QED) is 0.714. The number of anilines is 1. The van der Waals surface area contributed by atoms with E-state index in [0.29, 0.717) is 23.8 Å². The van der Waals surface area contributed by atoms with Gasteiger partial charge in [0.25, 0.3) is 5.91 Å². The minimum absolute atomic E-state index is 0.0853. The number of amides is 1. The molecule has 0 aliphatic carbocycles. The van der Waals surface area contributed by atoms with E-state index in [1.807, 2.05) is 35.2 Å². The number of halogens is 1. The van der Waals surface area contributed by atoms with Gasteiger partial charge in [-0.15, -0.1) is 5.10 Å². The van der Waals surface area contributed by atoms with E-state index < -0.39 is 0 Å². The van der Waals surface area contributed by atoms with E-state index in [2.05, 4.69) is 27.3 Å². The molecule has 2 heterocycles. The number of nitrogens with zero attached hydrogens (tertiary/aromatic N) is 5. The van der Waals surface area contributed by atoms with Gasteiger partial charge >= 0.3 is 0 Å². The maximum atomic E-state index is 12.7. The molecule has 2 aromatic carbocycles. The van der Waals surface area contributed by atoms with Crippen LogP contribution in [-0.4, -0.2) is 52.0 Å². The predicted molar refractivity (Wildman–Crippen MR) is 101 cm³/mol. The number of benzene rings is 2. The lowest BCUT2D eigenvalue weighted by molar-refractivity contribution is 0.0741. The van der Waals surface area contributed by atoms with Crippen molar-refractivity contribution in [3.8, 4) is 5.69 Å². The zero-order valence-electron chi connectivity index (χ0n) is 14.1. The van der Waals surface area contributed by atoms with Crippen LogP contribution in [0.3, 0.4) is 0 Å². The fraction of sp³-hybridized carbons (Fsp3) is 0.211. The molecule has 3 aromatic rings. The summed E-state index contributed by atoms with van der Waals surface area (Å²) in [6, 6.07) is 17.5. The second kappa shape index (κ2) is 7.17. The van der Waals surface area contributed by atoms with Gasteiger partial charge in [-0.1, -0.05) is 35.0 Å². The third-order valence-corrected chi connectivity index (χ3v) is 4.74. The van der Waals surface area contributed by atoms with Crippen LogP contribution >= 0.6 is 11.6 Å². The summed E-state index contributed by atoms with van der Waals surface area (Å²) >= 11 is 5.90. The van der Waals surface area contributed by atoms with Crippen molar-refractivity contribution in [3.05, 3.63) is 71.5 Å². The summed E-state index contributed by atoms with van der Waals surface area (Å²) in [5, 5.41) is 8.76. The molecule has 132 valence electrons. The fourth-order valence-corrected chi connectivity index (χ4v) is 3.18. The lowest BCUT2D eigenvalue weighted by Gasteiger charge is -2.35. The molecule has 1 aromatic heterocycles. The first-order valence-corrected chi connectivity index (χ1v) is 8.86. The van der Waals surface area contributed by atoms with Crippen LogP contribution in [0.4, 0.5) is 5.69 Å². The van der Waals surface area contributed by atoms with Crippen LogP contribution in [0.2, 0.25) is 5.02 Å². The van der Waals surface area contributed by atoms with Gasteiger partial charge in [0.15, 0.2) is 5.69 Å². The molecule has 0 radical (unpaired) electrons. The van der Waals surface area contributed by atoms with Crippen LogP contribution in [0.1, 0.15) is 10.5 Å². The largest absolute Gasteiger partial charge is 0.368 e. The van der Waals surface area contributed by atoms with Gasteiger partial charge in [0.05, 0.1) is 11.9 Å². The van der Waals surface area contributed by atoms with Crippen LogP contribution in [0.5, 0.6) is 0 Å². The molecule has 0 bridgehead atoms. The summed E-state index contributed by atoms with van der Waals surface area (Å²) < 4.78 is 1.59. The van der Waals surface area contributed by atoms with Gasteiger partial charge in [-0.3, -0.25) is 4.79 Å². The first-order chi connectivity index (χ1) is 12.7. The van der Waals surface area contributed by atoms with Crippen molar-refractivity contribution >= 4 is 23.2 Å². The standard InChI is InChI=1S/C19H18ClN5O/c20-15-6-8-17(9-7-15)25-14-18(21-22-25)19(26)24-12-10-23(11-13-24)16-4-2-1-3-5-16/h1-9,14H,10-13H2. The highest BCUT2D eigenvalue weighted by Crippen LogP contribution is 2.17. The molecule has 0 unspecified atom stereocenters. The van der Waals surface area contributed by atoms with E-state index in [-0.39, 0.29) is 5.91 Å². The number of hydrogen-bond donors (Lipinski definition) is 0. The molecule has 0 N–H and O–H groups in total. The Kier molecular flexibility index (Phi) is 4.58. The van der Waals surface area contributed by atoms with Gasteiger partial charge < -0.3 is 9.80 Å². The molecule has 1 aliphatic heterocycles. The molecule has 7 heteroatoms. The maximum Gasteiger partial charge on any atom is 0.276 e. The Balaban J connectivity index is 1.42. The van der Waals surface area contributed by atoms with Gasteiger partial charge in [0.2, 0.25) is 0 Å². The van der Waals surface area contributed by atoms with Gasteiger partial charge in [0.1, 0.15) is 0 Å². The van der Waals surface area contributed by atoms with E-state index >= 15 is 0 Å². The predicted octanol–water partition coefficient (Wildman–Crippen LogP) is 2.88. The zero-order valence-corrected chi connectivity index (χ0v) is 14.9. The van der Waals surface area contributed by atoms with Crippen molar-refractivity contribution in [2.24, 2.45) is 0 Å².